The molecule has 0 saturated heterocycles. The number of aliphatic hydroxyl groups is 1. The summed E-state index contributed by atoms with van der Waals surface area (Å²) in [5.74, 6) is 5.94. The van der Waals surface area contributed by atoms with Crippen LogP contribution in [0.25, 0.3) is 0 Å². The molecule has 2 aromatic heterocycles. The predicted octanol–water partition coefficient (Wildman–Crippen LogP) is 2.44. The Hall–Kier alpha value is -2.16. The second kappa shape index (κ2) is 6.85. The molecule has 0 aliphatic heterocycles. The summed E-state index contributed by atoms with van der Waals surface area (Å²) < 4.78 is 0. The molecule has 0 radical (unpaired) electrons. The van der Waals surface area contributed by atoms with Gasteiger partial charge >= 0.3 is 0 Å². The Labute approximate surface area is 121 Å². The Morgan fingerprint density at radius 3 is 3.00 bits per heavy atom. The maximum atomic E-state index is 12.1. The molecule has 0 aliphatic rings. The molecule has 102 valence electrons. The number of hydrogen-bond donors (Lipinski definition) is 2. The fraction of sp³-hybridized carbons (Fsp3) is 0.200. The lowest BCUT2D eigenvalue weighted by Gasteiger charge is -2.03. The van der Waals surface area contributed by atoms with E-state index in [9.17, 15) is 4.79 Å². The van der Waals surface area contributed by atoms with E-state index in [0.717, 1.165) is 5.56 Å². The Bertz CT molecular complexity index is 668. The highest BCUT2D eigenvalue weighted by Crippen LogP contribution is 2.17. The normalized spacial score (nSPS) is 9.70. The number of pyridine rings is 1. The van der Waals surface area contributed by atoms with Crippen molar-refractivity contribution >= 4 is 23.1 Å². The number of anilines is 1. The summed E-state index contributed by atoms with van der Waals surface area (Å²) in [4.78, 5) is 17.0. The first-order chi connectivity index (χ1) is 9.70. The molecule has 2 rings (SSSR count). The molecule has 0 atom stereocenters. The lowest BCUT2D eigenvalue weighted by Crippen LogP contribution is -2.12. The summed E-state index contributed by atoms with van der Waals surface area (Å²) in [6, 6.07) is 7.17. The van der Waals surface area contributed by atoms with Crippen LogP contribution in [0.4, 0.5) is 5.82 Å². The highest BCUT2D eigenvalue weighted by atomic mass is 32.1. The second-order valence-corrected chi connectivity index (χ2v) is 4.99. The van der Waals surface area contributed by atoms with Gasteiger partial charge in [-0.3, -0.25) is 4.79 Å². The van der Waals surface area contributed by atoms with E-state index >= 15 is 0 Å². The number of rotatable bonds is 3. The van der Waals surface area contributed by atoms with Gasteiger partial charge in [-0.1, -0.05) is 12.0 Å². The third kappa shape index (κ3) is 3.67. The molecule has 2 aromatic rings. The Morgan fingerprint density at radius 2 is 2.30 bits per heavy atom. The van der Waals surface area contributed by atoms with E-state index in [1.54, 1.807) is 18.2 Å². The van der Waals surface area contributed by atoms with Gasteiger partial charge in [0.15, 0.2) is 0 Å². The number of amides is 1. The summed E-state index contributed by atoms with van der Waals surface area (Å²) in [6.45, 7) is 1.93. The number of thiophene rings is 1. The largest absolute Gasteiger partial charge is 0.395 e. The fourth-order valence-corrected chi connectivity index (χ4v) is 2.38. The molecule has 2 heterocycles. The predicted molar refractivity (Wildman–Crippen MR) is 79.8 cm³/mol. The van der Waals surface area contributed by atoms with Crippen molar-refractivity contribution in [3.05, 3.63) is 45.8 Å². The van der Waals surface area contributed by atoms with Crippen LogP contribution in [0.15, 0.2) is 29.6 Å². The first-order valence-electron chi connectivity index (χ1n) is 6.13. The summed E-state index contributed by atoms with van der Waals surface area (Å²) in [5.41, 5.74) is 1.52. The van der Waals surface area contributed by atoms with Gasteiger partial charge in [0.2, 0.25) is 0 Å². The third-order valence-electron chi connectivity index (χ3n) is 2.51. The molecule has 4 nitrogen and oxygen atoms in total. The van der Waals surface area contributed by atoms with Gasteiger partial charge in [0.1, 0.15) is 11.5 Å². The van der Waals surface area contributed by atoms with Crippen LogP contribution < -0.4 is 5.32 Å². The maximum absolute atomic E-state index is 12.1. The van der Waals surface area contributed by atoms with E-state index in [1.807, 2.05) is 18.4 Å². The first kappa shape index (κ1) is 14.3. The van der Waals surface area contributed by atoms with Gasteiger partial charge in [-0.2, -0.15) is 0 Å². The molecule has 0 aliphatic carbocycles. The minimum Gasteiger partial charge on any atom is -0.395 e. The number of aryl methyl sites for hydroxylation is 1. The Kier molecular flexibility index (Phi) is 4.88. The average Bonchev–Trinajstić information content (AvgIpc) is 2.86. The van der Waals surface area contributed by atoms with Crippen LogP contribution in [0.2, 0.25) is 0 Å². The number of nitrogens with one attached hydrogen (secondary N) is 1. The molecule has 0 saturated carbocycles. The van der Waals surface area contributed by atoms with Gasteiger partial charge in [0.25, 0.3) is 5.91 Å². The monoisotopic (exact) mass is 286 g/mol. The van der Waals surface area contributed by atoms with Crippen LogP contribution >= 0.6 is 11.3 Å². The van der Waals surface area contributed by atoms with Crippen molar-refractivity contribution in [2.24, 2.45) is 0 Å². The summed E-state index contributed by atoms with van der Waals surface area (Å²) in [6.07, 6.45) is 0.409. The number of aromatic nitrogens is 1. The van der Waals surface area contributed by atoms with E-state index < -0.39 is 0 Å². The molecule has 1 amide bonds. The molecule has 0 spiro atoms. The molecule has 0 unspecified atom stereocenters. The van der Waals surface area contributed by atoms with Crippen LogP contribution in [0.1, 0.15) is 27.3 Å². The third-order valence-corrected chi connectivity index (χ3v) is 3.53. The van der Waals surface area contributed by atoms with Crippen LogP contribution in [0.5, 0.6) is 0 Å². The van der Waals surface area contributed by atoms with Crippen LogP contribution in [0, 0.1) is 18.8 Å². The smallest absolute Gasteiger partial charge is 0.267 e. The zero-order chi connectivity index (χ0) is 14.4. The number of nitrogens with zero attached hydrogens (tertiary/aromatic N) is 1. The van der Waals surface area contributed by atoms with Crippen molar-refractivity contribution < 1.29 is 9.90 Å². The Morgan fingerprint density at radius 1 is 1.45 bits per heavy atom. The number of carbonyl (C=O) groups excluding carboxylic acids is 1. The van der Waals surface area contributed by atoms with Gasteiger partial charge in [0.05, 0.1) is 11.5 Å². The quantitative estimate of drug-likeness (QED) is 0.852. The van der Waals surface area contributed by atoms with Crippen LogP contribution in [-0.4, -0.2) is 22.6 Å². The van der Waals surface area contributed by atoms with Gasteiger partial charge in [-0.15, -0.1) is 11.3 Å². The van der Waals surface area contributed by atoms with Gasteiger partial charge < -0.3 is 10.4 Å². The fourth-order valence-electron chi connectivity index (χ4n) is 1.56. The maximum Gasteiger partial charge on any atom is 0.267 e. The summed E-state index contributed by atoms with van der Waals surface area (Å²) in [7, 11) is 0. The second-order valence-electron chi connectivity index (χ2n) is 4.07. The van der Waals surface area contributed by atoms with Gasteiger partial charge in [-0.25, -0.2) is 4.98 Å². The lowest BCUT2D eigenvalue weighted by atomic mass is 10.3. The summed E-state index contributed by atoms with van der Waals surface area (Å²) >= 11 is 1.40. The number of hydrogen-bond acceptors (Lipinski definition) is 4. The van der Waals surface area contributed by atoms with Crippen molar-refractivity contribution in [1.29, 1.82) is 0 Å². The highest BCUT2D eigenvalue weighted by molar-refractivity contribution is 7.12. The van der Waals surface area contributed by atoms with Gasteiger partial charge in [0, 0.05) is 6.42 Å². The van der Waals surface area contributed by atoms with Gasteiger partial charge in [-0.05, 0) is 42.0 Å². The standard InChI is InChI=1S/C15H14N2O2S/c1-11-8-10-20-14(11)15(19)17-13-7-4-6-12(16-13)5-2-3-9-18/h4,6-8,10,18H,3,9H2,1H3,(H,16,17,19). The topological polar surface area (TPSA) is 62.2 Å². The first-order valence-corrected chi connectivity index (χ1v) is 7.01. The zero-order valence-corrected chi connectivity index (χ0v) is 11.8. The summed E-state index contributed by atoms with van der Waals surface area (Å²) in [5, 5.41) is 13.3. The van der Waals surface area contributed by atoms with E-state index in [0.29, 0.717) is 22.8 Å². The number of aliphatic hydroxyl groups excluding tert-OH is 1. The van der Waals surface area contributed by atoms with Crippen molar-refractivity contribution in [2.75, 3.05) is 11.9 Å². The SMILES string of the molecule is Cc1ccsc1C(=O)Nc1cccc(C#CCCO)n1. The molecular weight excluding hydrogens is 272 g/mol. The van der Waals surface area contributed by atoms with E-state index in [-0.39, 0.29) is 12.5 Å². The molecular formula is C15H14N2O2S. The van der Waals surface area contributed by atoms with Crippen molar-refractivity contribution in [1.82, 2.24) is 4.98 Å². The molecule has 2 N–H and O–H groups in total. The van der Waals surface area contributed by atoms with Crippen LogP contribution in [-0.2, 0) is 0 Å². The molecule has 5 heteroatoms. The Balaban J connectivity index is 2.11. The molecule has 0 aromatic carbocycles. The van der Waals surface area contributed by atoms with Crippen molar-refractivity contribution in [3.8, 4) is 11.8 Å². The average molecular weight is 286 g/mol. The van der Waals surface area contributed by atoms with E-state index in [4.69, 9.17) is 5.11 Å². The van der Waals surface area contributed by atoms with Crippen molar-refractivity contribution in [2.45, 2.75) is 13.3 Å². The van der Waals surface area contributed by atoms with E-state index in [1.165, 1.54) is 11.3 Å². The highest BCUT2D eigenvalue weighted by Gasteiger charge is 2.11. The molecule has 0 bridgehead atoms. The van der Waals surface area contributed by atoms with Crippen molar-refractivity contribution in [3.63, 3.8) is 0 Å². The lowest BCUT2D eigenvalue weighted by molar-refractivity contribution is 0.102. The molecule has 0 fully saturated rings. The minimum atomic E-state index is -0.162. The zero-order valence-electron chi connectivity index (χ0n) is 11.0. The molecule has 20 heavy (non-hydrogen) atoms. The van der Waals surface area contributed by atoms with E-state index in [2.05, 4.69) is 22.1 Å². The van der Waals surface area contributed by atoms with Crippen LogP contribution in [0.3, 0.4) is 0 Å². The number of carbonyl (C=O) groups is 1. The minimum absolute atomic E-state index is 0.0289.